The highest BCUT2D eigenvalue weighted by Crippen LogP contribution is 2.37. The van der Waals surface area contributed by atoms with E-state index in [1.807, 2.05) is 0 Å². The molecule has 1 aliphatic rings. The fourth-order valence-electron chi connectivity index (χ4n) is 2.77. The molecule has 0 spiro atoms. The van der Waals surface area contributed by atoms with Crippen molar-refractivity contribution in [2.45, 2.75) is 13.1 Å². The van der Waals surface area contributed by atoms with Crippen molar-refractivity contribution < 1.29 is 32.2 Å². The molecule has 2 amide bonds. The molecule has 166 valence electrons. The largest absolute Gasteiger partial charge is 0.486 e. The van der Waals surface area contributed by atoms with E-state index in [2.05, 4.69) is 10.6 Å². The number of rotatable bonds is 6. The molecule has 1 aliphatic heterocycles. The Morgan fingerprint density at radius 1 is 1.06 bits per heavy atom. The van der Waals surface area contributed by atoms with Gasteiger partial charge >= 0.3 is 6.18 Å². The van der Waals surface area contributed by atoms with E-state index in [1.54, 1.807) is 30.4 Å². The smallest absolute Gasteiger partial charge is 0.405 e. The Balaban J connectivity index is 1.62. The van der Waals surface area contributed by atoms with Gasteiger partial charge in [0, 0.05) is 23.4 Å². The Hall–Kier alpha value is -3.14. The predicted octanol–water partition coefficient (Wildman–Crippen LogP) is 3.76. The fraction of sp³-hybridized carbons (Fsp3) is 0.300. The highest BCUT2D eigenvalue weighted by Gasteiger charge is 2.28. The van der Waals surface area contributed by atoms with Crippen molar-refractivity contribution in [1.82, 2.24) is 5.32 Å². The molecule has 0 radical (unpaired) electrons. The summed E-state index contributed by atoms with van der Waals surface area (Å²) in [6.07, 6.45) is -4.51. The van der Waals surface area contributed by atoms with Gasteiger partial charge in [0.05, 0.1) is 17.3 Å². The van der Waals surface area contributed by atoms with Gasteiger partial charge in [-0.1, -0.05) is 17.7 Å². The number of ether oxygens (including phenoxy) is 2. The average Bonchev–Trinajstić information content (AvgIpc) is 2.71. The number of aryl methyl sites for hydroxylation is 1. The van der Waals surface area contributed by atoms with Gasteiger partial charge in [0.2, 0.25) is 5.91 Å². The molecular formula is C20H19ClF3N3O4. The van der Waals surface area contributed by atoms with Crippen molar-refractivity contribution >= 4 is 34.8 Å². The van der Waals surface area contributed by atoms with Crippen LogP contribution in [-0.4, -0.2) is 44.3 Å². The van der Waals surface area contributed by atoms with Gasteiger partial charge in [0.15, 0.2) is 11.5 Å². The fourth-order valence-corrected chi connectivity index (χ4v) is 2.97. The number of benzene rings is 2. The molecular weight excluding hydrogens is 439 g/mol. The summed E-state index contributed by atoms with van der Waals surface area (Å²) >= 11 is 6.17. The van der Waals surface area contributed by atoms with Gasteiger partial charge in [-0.25, -0.2) is 0 Å². The Morgan fingerprint density at radius 2 is 1.74 bits per heavy atom. The average molecular weight is 458 g/mol. The maximum absolute atomic E-state index is 12.3. The summed E-state index contributed by atoms with van der Waals surface area (Å²) < 4.78 is 47.8. The predicted molar refractivity (Wildman–Crippen MR) is 109 cm³/mol. The van der Waals surface area contributed by atoms with Crippen LogP contribution in [0.3, 0.4) is 0 Å². The maximum atomic E-state index is 12.3. The zero-order valence-corrected chi connectivity index (χ0v) is 17.1. The van der Waals surface area contributed by atoms with Crippen molar-refractivity contribution in [3.8, 4) is 11.5 Å². The number of nitrogens with one attached hydrogen (secondary N) is 3. The molecule has 0 fully saturated rings. The second kappa shape index (κ2) is 9.34. The molecule has 0 saturated heterocycles. The molecule has 0 aliphatic carbocycles. The third-order valence-electron chi connectivity index (χ3n) is 4.29. The van der Waals surface area contributed by atoms with E-state index in [1.165, 1.54) is 12.1 Å². The molecule has 7 nitrogen and oxygen atoms in total. The van der Waals surface area contributed by atoms with Gasteiger partial charge in [-0.05, 0) is 24.6 Å². The maximum Gasteiger partial charge on any atom is 0.405 e. The van der Waals surface area contributed by atoms with Crippen LogP contribution in [0.4, 0.5) is 24.5 Å². The van der Waals surface area contributed by atoms with Gasteiger partial charge in [0.25, 0.3) is 5.91 Å². The third-order valence-corrected chi connectivity index (χ3v) is 4.61. The van der Waals surface area contributed by atoms with Crippen LogP contribution in [-0.2, 0) is 4.79 Å². The summed E-state index contributed by atoms with van der Waals surface area (Å²) in [5.74, 6) is -0.339. The first kappa shape index (κ1) is 22.5. The van der Waals surface area contributed by atoms with Crippen LogP contribution in [0.15, 0.2) is 30.3 Å². The summed E-state index contributed by atoms with van der Waals surface area (Å²) in [5, 5.41) is 7.60. The quantitative estimate of drug-likeness (QED) is 0.614. The number of hydrogen-bond acceptors (Lipinski definition) is 5. The second-order valence-corrected chi connectivity index (χ2v) is 7.11. The molecule has 2 aromatic carbocycles. The van der Waals surface area contributed by atoms with Crippen molar-refractivity contribution in [3.63, 3.8) is 0 Å². The summed E-state index contributed by atoms with van der Waals surface area (Å²) in [4.78, 5) is 24.3. The zero-order valence-electron chi connectivity index (χ0n) is 16.4. The SMILES string of the molecule is Cc1ccc(C(=O)NCC(F)(F)F)cc1NCC(=O)Nc1cc2c(cc1Cl)OCCO2. The van der Waals surface area contributed by atoms with E-state index in [4.69, 9.17) is 21.1 Å². The van der Waals surface area contributed by atoms with Crippen LogP contribution < -0.4 is 25.4 Å². The van der Waals surface area contributed by atoms with E-state index in [9.17, 15) is 22.8 Å². The Bertz CT molecular complexity index is 998. The van der Waals surface area contributed by atoms with Crippen LogP contribution in [0.25, 0.3) is 0 Å². The standard InChI is InChI=1S/C20H19ClF3N3O4/c1-11-2-3-12(19(29)26-10-20(22,23)24)6-14(11)25-9-18(28)27-15-8-17-16(7-13(15)21)30-4-5-31-17/h2-3,6-8,25H,4-5,9-10H2,1H3,(H,26,29)(H,27,28). The summed E-state index contributed by atoms with van der Waals surface area (Å²) in [5.41, 5.74) is 1.52. The van der Waals surface area contributed by atoms with Gasteiger partial charge in [-0.2, -0.15) is 13.2 Å². The lowest BCUT2D eigenvalue weighted by atomic mass is 10.1. The molecule has 0 atom stereocenters. The lowest BCUT2D eigenvalue weighted by Gasteiger charge is -2.20. The summed E-state index contributed by atoms with van der Waals surface area (Å²) in [6, 6.07) is 7.46. The molecule has 3 rings (SSSR count). The van der Waals surface area contributed by atoms with Crippen LogP contribution in [0.5, 0.6) is 11.5 Å². The number of hydrogen-bond donors (Lipinski definition) is 3. The van der Waals surface area contributed by atoms with E-state index in [0.717, 1.165) is 0 Å². The van der Waals surface area contributed by atoms with Crippen LogP contribution in [0.1, 0.15) is 15.9 Å². The molecule has 31 heavy (non-hydrogen) atoms. The van der Waals surface area contributed by atoms with Gasteiger partial charge < -0.3 is 25.4 Å². The number of amides is 2. The highest BCUT2D eigenvalue weighted by molar-refractivity contribution is 6.34. The van der Waals surface area contributed by atoms with E-state index < -0.39 is 24.5 Å². The highest BCUT2D eigenvalue weighted by atomic mass is 35.5. The minimum Gasteiger partial charge on any atom is -0.486 e. The van der Waals surface area contributed by atoms with E-state index in [-0.39, 0.29) is 17.1 Å². The zero-order chi connectivity index (χ0) is 22.6. The Kier molecular flexibility index (Phi) is 6.79. The van der Waals surface area contributed by atoms with Gasteiger partial charge in [-0.15, -0.1) is 0 Å². The van der Waals surface area contributed by atoms with Crippen LogP contribution in [0, 0.1) is 6.92 Å². The van der Waals surface area contributed by atoms with E-state index in [0.29, 0.717) is 41.7 Å². The lowest BCUT2D eigenvalue weighted by molar-refractivity contribution is -0.123. The molecule has 2 aromatic rings. The van der Waals surface area contributed by atoms with Crippen LogP contribution in [0.2, 0.25) is 5.02 Å². The van der Waals surface area contributed by atoms with Crippen molar-refractivity contribution in [2.75, 3.05) is 36.9 Å². The molecule has 0 bridgehead atoms. The molecule has 11 heteroatoms. The van der Waals surface area contributed by atoms with E-state index >= 15 is 0 Å². The topological polar surface area (TPSA) is 88.7 Å². The summed E-state index contributed by atoms with van der Waals surface area (Å²) in [6.45, 7) is 0.928. The number of anilines is 2. The Morgan fingerprint density at radius 3 is 2.42 bits per heavy atom. The molecule has 1 heterocycles. The van der Waals surface area contributed by atoms with Gasteiger partial charge in [-0.3, -0.25) is 9.59 Å². The normalized spacial score (nSPS) is 12.8. The second-order valence-electron chi connectivity index (χ2n) is 6.70. The van der Waals surface area contributed by atoms with Crippen LogP contribution >= 0.6 is 11.6 Å². The number of alkyl halides is 3. The molecule has 0 unspecified atom stereocenters. The number of halogens is 4. The first-order valence-corrected chi connectivity index (χ1v) is 9.58. The third kappa shape index (κ3) is 6.17. The molecule has 0 saturated carbocycles. The summed E-state index contributed by atoms with van der Waals surface area (Å²) in [7, 11) is 0. The first-order valence-electron chi connectivity index (χ1n) is 9.21. The first-order chi connectivity index (χ1) is 14.6. The minimum absolute atomic E-state index is 0.0349. The Labute approximate surface area is 180 Å². The van der Waals surface area contributed by atoms with Crippen molar-refractivity contribution in [2.24, 2.45) is 0 Å². The van der Waals surface area contributed by atoms with Crippen molar-refractivity contribution in [3.05, 3.63) is 46.5 Å². The lowest BCUT2D eigenvalue weighted by Crippen LogP contribution is -2.33. The molecule has 0 aromatic heterocycles. The van der Waals surface area contributed by atoms with Crippen molar-refractivity contribution in [1.29, 1.82) is 0 Å². The molecule has 3 N–H and O–H groups in total. The number of carbonyl (C=O) groups is 2. The number of fused-ring (bicyclic) bond motifs is 1. The number of carbonyl (C=O) groups excluding carboxylic acids is 2. The minimum atomic E-state index is -4.51. The van der Waals surface area contributed by atoms with Gasteiger partial charge in [0.1, 0.15) is 19.8 Å². The monoisotopic (exact) mass is 457 g/mol.